The van der Waals surface area contributed by atoms with Crippen molar-refractivity contribution >= 4 is 0 Å². The van der Waals surface area contributed by atoms with E-state index in [9.17, 15) is 10.1 Å². The number of unbranched alkanes of at least 4 members (excludes halogenated alkanes) is 5. The summed E-state index contributed by atoms with van der Waals surface area (Å²) in [4.78, 5) is 11.0. The average molecular weight is 291 g/mol. The number of nitrogens with zero attached hydrogens (tertiary/aromatic N) is 1. The molecule has 0 aliphatic heterocycles. The Hall–Kier alpha value is -1.38. The highest BCUT2D eigenvalue weighted by Crippen LogP contribution is 2.15. The molecule has 21 heavy (non-hydrogen) atoms. The van der Waals surface area contributed by atoms with E-state index in [1.54, 1.807) is 0 Å². The first kappa shape index (κ1) is 17.7. The maximum atomic E-state index is 11.1. The first-order valence-electron chi connectivity index (χ1n) is 8.41. The molecule has 1 unspecified atom stereocenters. The third-order valence-electron chi connectivity index (χ3n) is 4.03. The molecule has 0 amide bonds. The van der Waals surface area contributed by atoms with Gasteiger partial charge in [-0.3, -0.25) is 10.1 Å². The summed E-state index contributed by atoms with van der Waals surface area (Å²) in [5.74, 6) is 0. The van der Waals surface area contributed by atoms with Crippen LogP contribution in [-0.4, -0.2) is 11.0 Å². The summed E-state index contributed by atoms with van der Waals surface area (Å²) in [6, 6.07) is 10.0. The number of aryl methyl sites for hydroxylation is 1. The maximum absolute atomic E-state index is 11.1. The number of rotatable bonds is 12. The Balaban J connectivity index is 2.14. The minimum Gasteiger partial charge on any atom is -0.264 e. The Morgan fingerprint density at radius 2 is 1.57 bits per heavy atom. The summed E-state index contributed by atoms with van der Waals surface area (Å²) in [6.45, 7) is 2.19. The molecule has 0 aliphatic rings. The zero-order valence-electron chi connectivity index (χ0n) is 13.3. The van der Waals surface area contributed by atoms with Gasteiger partial charge in [-0.15, -0.1) is 0 Å². The van der Waals surface area contributed by atoms with Crippen molar-refractivity contribution in [3.63, 3.8) is 0 Å². The first-order valence-corrected chi connectivity index (χ1v) is 8.41. The predicted molar refractivity (Wildman–Crippen MR) is 88.2 cm³/mol. The van der Waals surface area contributed by atoms with Crippen molar-refractivity contribution in [3.8, 4) is 0 Å². The van der Waals surface area contributed by atoms with Crippen LogP contribution in [-0.2, 0) is 6.42 Å². The lowest BCUT2D eigenvalue weighted by atomic mass is 10.0. The fourth-order valence-electron chi connectivity index (χ4n) is 2.69. The minimum absolute atomic E-state index is 0.0671. The van der Waals surface area contributed by atoms with Crippen LogP contribution in [0.1, 0.15) is 70.3 Å². The fraction of sp³-hybridized carbons (Fsp3) is 0.667. The minimum atomic E-state index is -0.331. The van der Waals surface area contributed by atoms with E-state index in [1.165, 1.54) is 24.8 Å². The number of benzene rings is 1. The summed E-state index contributed by atoms with van der Waals surface area (Å²) >= 11 is 0. The normalized spacial score (nSPS) is 12.2. The van der Waals surface area contributed by atoms with Gasteiger partial charge in [-0.25, -0.2) is 0 Å². The van der Waals surface area contributed by atoms with E-state index in [4.69, 9.17) is 0 Å². The van der Waals surface area contributed by atoms with Gasteiger partial charge in [0.1, 0.15) is 0 Å². The largest absolute Gasteiger partial charge is 0.264 e. The van der Waals surface area contributed by atoms with Crippen LogP contribution in [0.2, 0.25) is 0 Å². The fourth-order valence-corrected chi connectivity index (χ4v) is 2.69. The van der Waals surface area contributed by atoms with Crippen molar-refractivity contribution in [2.75, 3.05) is 0 Å². The molecule has 3 heteroatoms. The topological polar surface area (TPSA) is 43.1 Å². The quantitative estimate of drug-likeness (QED) is 0.294. The second kappa shape index (κ2) is 11.3. The predicted octanol–water partition coefficient (Wildman–Crippen LogP) is 5.41. The third kappa shape index (κ3) is 8.49. The molecule has 0 N–H and O–H groups in total. The van der Waals surface area contributed by atoms with Gasteiger partial charge in [0.2, 0.25) is 6.04 Å². The van der Waals surface area contributed by atoms with E-state index in [1.807, 2.05) is 18.2 Å². The van der Waals surface area contributed by atoms with Crippen LogP contribution in [0, 0.1) is 10.1 Å². The summed E-state index contributed by atoms with van der Waals surface area (Å²) in [5, 5.41) is 11.1. The van der Waals surface area contributed by atoms with Crippen molar-refractivity contribution in [1.29, 1.82) is 0 Å². The lowest BCUT2D eigenvalue weighted by Crippen LogP contribution is -2.19. The van der Waals surface area contributed by atoms with Gasteiger partial charge in [0.05, 0.1) is 0 Å². The number of hydrogen-bond acceptors (Lipinski definition) is 2. The van der Waals surface area contributed by atoms with E-state index in [0.717, 1.165) is 44.9 Å². The summed E-state index contributed by atoms with van der Waals surface area (Å²) in [5.41, 5.74) is 1.33. The monoisotopic (exact) mass is 291 g/mol. The first-order chi connectivity index (χ1) is 10.2. The average Bonchev–Trinajstić information content (AvgIpc) is 2.50. The smallest absolute Gasteiger partial charge is 0.213 e. The molecule has 3 nitrogen and oxygen atoms in total. The highest BCUT2D eigenvalue weighted by Gasteiger charge is 2.18. The van der Waals surface area contributed by atoms with Crippen molar-refractivity contribution in [1.82, 2.24) is 0 Å². The standard InChI is InChI=1S/C18H29NO2/c1-2-3-4-5-9-15-18(19(20)21)16-11-10-14-17-12-7-6-8-13-17/h6-8,12-13,18H,2-5,9-11,14-16H2,1H3. The molecule has 0 bridgehead atoms. The van der Waals surface area contributed by atoms with Crippen molar-refractivity contribution in [2.45, 2.75) is 77.2 Å². The van der Waals surface area contributed by atoms with Crippen molar-refractivity contribution in [3.05, 3.63) is 46.0 Å². The highest BCUT2D eigenvalue weighted by molar-refractivity contribution is 5.14. The van der Waals surface area contributed by atoms with Gasteiger partial charge in [0, 0.05) is 17.8 Å². The Labute approximate surface area is 128 Å². The number of hydrogen-bond donors (Lipinski definition) is 0. The zero-order valence-corrected chi connectivity index (χ0v) is 13.3. The molecule has 0 aromatic heterocycles. The van der Waals surface area contributed by atoms with Gasteiger partial charge in [-0.2, -0.15) is 0 Å². The van der Waals surface area contributed by atoms with E-state index in [0.29, 0.717) is 0 Å². The van der Waals surface area contributed by atoms with E-state index < -0.39 is 0 Å². The number of nitro groups is 1. The molecular weight excluding hydrogens is 262 g/mol. The lowest BCUT2D eigenvalue weighted by Gasteiger charge is -2.09. The SMILES string of the molecule is CCCCCCCC(CCCCc1ccccc1)[N+](=O)[O-]. The van der Waals surface area contributed by atoms with Crippen LogP contribution in [0.5, 0.6) is 0 Å². The van der Waals surface area contributed by atoms with E-state index in [2.05, 4.69) is 19.1 Å². The second-order valence-corrected chi connectivity index (χ2v) is 5.87. The summed E-state index contributed by atoms with van der Waals surface area (Å²) in [7, 11) is 0. The molecule has 0 saturated heterocycles. The molecule has 1 rings (SSSR count). The van der Waals surface area contributed by atoms with Crippen LogP contribution in [0.15, 0.2) is 30.3 Å². The van der Waals surface area contributed by atoms with Crippen LogP contribution >= 0.6 is 0 Å². The van der Waals surface area contributed by atoms with Crippen LogP contribution in [0.25, 0.3) is 0 Å². The molecule has 0 heterocycles. The second-order valence-electron chi connectivity index (χ2n) is 5.87. The molecule has 0 fully saturated rings. The van der Waals surface area contributed by atoms with Crippen LogP contribution in [0.4, 0.5) is 0 Å². The Morgan fingerprint density at radius 1 is 0.952 bits per heavy atom. The Bertz CT molecular complexity index is 378. The van der Waals surface area contributed by atoms with Gasteiger partial charge < -0.3 is 0 Å². The molecule has 1 atom stereocenters. The molecular formula is C18H29NO2. The molecule has 0 saturated carbocycles. The van der Waals surface area contributed by atoms with Gasteiger partial charge >= 0.3 is 0 Å². The van der Waals surface area contributed by atoms with Crippen molar-refractivity contribution < 1.29 is 4.92 Å². The molecule has 0 aliphatic carbocycles. The van der Waals surface area contributed by atoms with Gasteiger partial charge in [-0.1, -0.05) is 62.9 Å². The van der Waals surface area contributed by atoms with Crippen LogP contribution < -0.4 is 0 Å². The zero-order chi connectivity index (χ0) is 15.3. The van der Waals surface area contributed by atoms with Crippen molar-refractivity contribution in [2.24, 2.45) is 0 Å². The van der Waals surface area contributed by atoms with Crippen LogP contribution in [0.3, 0.4) is 0 Å². The Kier molecular flexibility index (Phi) is 9.51. The lowest BCUT2D eigenvalue weighted by molar-refractivity contribution is -0.524. The molecule has 1 aromatic rings. The molecule has 0 spiro atoms. The van der Waals surface area contributed by atoms with Gasteiger partial charge in [0.15, 0.2) is 0 Å². The molecule has 0 radical (unpaired) electrons. The van der Waals surface area contributed by atoms with E-state index in [-0.39, 0.29) is 11.0 Å². The summed E-state index contributed by atoms with van der Waals surface area (Å²) < 4.78 is 0. The van der Waals surface area contributed by atoms with E-state index >= 15 is 0 Å². The Morgan fingerprint density at radius 3 is 2.19 bits per heavy atom. The highest BCUT2D eigenvalue weighted by atomic mass is 16.6. The third-order valence-corrected chi connectivity index (χ3v) is 4.03. The molecule has 1 aromatic carbocycles. The van der Waals surface area contributed by atoms with Gasteiger partial charge in [-0.05, 0) is 31.2 Å². The van der Waals surface area contributed by atoms with Gasteiger partial charge in [0.25, 0.3) is 0 Å². The summed E-state index contributed by atoms with van der Waals surface area (Å²) in [6.07, 6.45) is 10.3. The molecule has 118 valence electrons. The maximum Gasteiger partial charge on any atom is 0.213 e.